The number of fused-ring (bicyclic) bond motifs is 2. The maximum Gasteiger partial charge on any atom is 0.338 e. The zero-order valence-corrected chi connectivity index (χ0v) is 30.9. The van der Waals surface area contributed by atoms with Crippen molar-refractivity contribution in [1.82, 2.24) is 39.3 Å². The molecule has 278 valence electrons. The van der Waals surface area contributed by atoms with Gasteiger partial charge >= 0.3 is 5.97 Å². The van der Waals surface area contributed by atoms with Gasteiger partial charge in [0.1, 0.15) is 0 Å². The van der Waals surface area contributed by atoms with Crippen molar-refractivity contribution in [2.75, 3.05) is 49.1 Å². The van der Waals surface area contributed by atoms with Crippen LogP contribution in [0, 0.1) is 12.8 Å². The fourth-order valence-electron chi connectivity index (χ4n) is 8.71. The van der Waals surface area contributed by atoms with Crippen molar-refractivity contribution >= 4 is 35.2 Å². The third-order valence-electron chi connectivity index (χ3n) is 11.7. The van der Waals surface area contributed by atoms with E-state index in [2.05, 4.69) is 54.8 Å². The summed E-state index contributed by atoms with van der Waals surface area (Å²) in [5, 5.41) is 18.9. The van der Waals surface area contributed by atoms with Crippen LogP contribution in [0.1, 0.15) is 84.2 Å². The monoisotopic (exact) mass is 720 g/mol. The summed E-state index contributed by atoms with van der Waals surface area (Å²) in [5.41, 5.74) is 8.49. The summed E-state index contributed by atoms with van der Waals surface area (Å²) >= 11 is 0. The van der Waals surface area contributed by atoms with Gasteiger partial charge in [0.2, 0.25) is 17.8 Å². The molecule has 3 aromatic heterocycles. The topological polar surface area (TPSA) is 146 Å². The Hall–Kier alpha value is -5.27. The number of anilines is 3. The summed E-state index contributed by atoms with van der Waals surface area (Å²) in [6.45, 7) is 8.84. The van der Waals surface area contributed by atoms with Crippen LogP contribution in [0.3, 0.4) is 0 Å². The number of aryl methyl sites for hydroxylation is 3. The number of hydrogen-bond donors (Lipinski definition) is 1. The molecule has 8 rings (SSSR count). The van der Waals surface area contributed by atoms with E-state index in [4.69, 9.17) is 10.2 Å². The van der Waals surface area contributed by atoms with Crippen molar-refractivity contribution in [3.05, 3.63) is 64.9 Å². The Bertz CT molecular complexity index is 2020. The van der Waals surface area contributed by atoms with E-state index in [-0.39, 0.29) is 23.4 Å². The molecule has 2 fully saturated rings. The molecule has 2 amide bonds. The Balaban J connectivity index is 0.953. The molecule has 0 aliphatic carbocycles. The number of aromatic nitrogens is 6. The minimum Gasteiger partial charge on any atom is -0.478 e. The Morgan fingerprint density at radius 3 is 2.34 bits per heavy atom. The average Bonchev–Trinajstić information content (AvgIpc) is 3.78. The zero-order valence-electron chi connectivity index (χ0n) is 30.9. The molecule has 1 aromatic carbocycles. The molecule has 0 bridgehead atoms. The maximum absolute atomic E-state index is 13.5. The Morgan fingerprint density at radius 1 is 0.906 bits per heavy atom. The predicted molar refractivity (Wildman–Crippen MR) is 199 cm³/mol. The van der Waals surface area contributed by atoms with E-state index in [1.165, 1.54) is 40.5 Å². The lowest BCUT2D eigenvalue weighted by atomic mass is 9.92. The Labute approximate surface area is 309 Å². The Kier molecular flexibility index (Phi) is 9.37. The van der Waals surface area contributed by atoms with E-state index in [1.54, 1.807) is 6.92 Å². The molecule has 7 heterocycles. The van der Waals surface area contributed by atoms with Gasteiger partial charge in [0.05, 0.1) is 24.3 Å². The highest BCUT2D eigenvalue weighted by Gasteiger charge is 2.35. The van der Waals surface area contributed by atoms with Crippen LogP contribution in [0.4, 0.5) is 17.5 Å². The summed E-state index contributed by atoms with van der Waals surface area (Å²) in [5.74, 6) is 1.07. The van der Waals surface area contributed by atoms with Gasteiger partial charge < -0.3 is 24.7 Å². The normalized spacial score (nSPS) is 18.2. The first-order chi connectivity index (χ1) is 25.6. The minimum absolute atomic E-state index is 0.0736. The van der Waals surface area contributed by atoms with Crippen molar-refractivity contribution in [3.8, 4) is 11.1 Å². The van der Waals surface area contributed by atoms with E-state index in [9.17, 15) is 14.4 Å². The lowest BCUT2D eigenvalue weighted by molar-refractivity contribution is -0.133. The van der Waals surface area contributed by atoms with Crippen molar-refractivity contribution in [3.63, 3.8) is 0 Å². The van der Waals surface area contributed by atoms with Crippen LogP contribution in [-0.4, -0.2) is 101 Å². The highest BCUT2D eigenvalue weighted by molar-refractivity contribution is 5.86. The van der Waals surface area contributed by atoms with E-state index in [0.29, 0.717) is 44.5 Å². The van der Waals surface area contributed by atoms with Gasteiger partial charge in [-0.05, 0) is 80.2 Å². The fourth-order valence-corrected chi connectivity index (χ4v) is 8.71. The van der Waals surface area contributed by atoms with Crippen LogP contribution >= 0.6 is 0 Å². The quantitative estimate of drug-likeness (QED) is 0.289. The molecule has 0 atom stereocenters. The van der Waals surface area contributed by atoms with Crippen LogP contribution in [-0.2, 0) is 36.0 Å². The summed E-state index contributed by atoms with van der Waals surface area (Å²) in [6.07, 6.45) is 13.5. The highest BCUT2D eigenvalue weighted by atomic mass is 16.4. The molecular weight excluding hydrogens is 672 g/mol. The molecule has 4 aliphatic heterocycles. The number of nitrogens with zero attached hydrogens (tertiary/aromatic N) is 10. The average molecular weight is 721 g/mol. The third-order valence-corrected chi connectivity index (χ3v) is 11.7. The van der Waals surface area contributed by atoms with Crippen LogP contribution in [0.2, 0.25) is 0 Å². The van der Waals surface area contributed by atoms with Crippen LogP contribution in [0.25, 0.3) is 11.1 Å². The van der Waals surface area contributed by atoms with Crippen molar-refractivity contribution in [1.29, 1.82) is 0 Å². The number of hydrogen-bond acceptors (Lipinski definition) is 9. The van der Waals surface area contributed by atoms with Gasteiger partial charge in [-0.25, -0.2) is 14.8 Å². The Morgan fingerprint density at radius 2 is 1.66 bits per heavy atom. The second-order valence-electron chi connectivity index (χ2n) is 15.2. The lowest BCUT2D eigenvalue weighted by Crippen LogP contribution is -2.42. The van der Waals surface area contributed by atoms with Crippen molar-refractivity contribution in [2.24, 2.45) is 13.0 Å². The number of carboxylic acid groups (broad SMARTS) is 1. The smallest absolute Gasteiger partial charge is 0.338 e. The second-order valence-corrected chi connectivity index (χ2v) is 15.2. The summed E-state index contributed by atoms with van der Waals surface area (Å²) in [4.78, 5) is 54.2. The van der Waals surface area contributed by atoms with Crippen molar-refractivity contribution < 1.29 is 19.5 Å². The summed E-state index contributed by atoms with van der Waals surface area (Å²) < 4.78 is 4.10. The first-order valence-corrected chi connectivity index (χ1v) is 19.0. The van der Waals surface area contributed by atoms with Gasteiger partial charge in [0, 0.05) is 107 Å². The second kappa shape index (κ2) is 14.3. The van der Waals surface area contributed by atoms with Gasteiger partial charge in [-0.3, -0.25) is 19.0 Å². The van der Waals surface area contributed by atoms with Crippen molar-refractivity contribution in [2.45, 2.75) is 77.8 Å². The first-order valence-electron chi connectivity index (χ1n) is 19.0. The summed E-state index contributed by atoms with van der Waals surface area (Å²) in [6, 6.07) is 4.82. The summed E-state index contributed by atoms with van der Waals surface area (Å²) in [7, 11) is 1.95. The number of aromatic carboxylic acids is 1. The van der Waals surface area contributed by atoms with E-state index < -0.39 is 5.97 Å². The number of rotatable bonds is 7. The highest BCUT2D eigenvalue weighted by Crippen LogP contribution is 2.42. The molecule has 4 aromatic rings. The molecule has 4 aliphatic rings. The number of benzene rings is 1. The molecule has 0 unspecified atom stereocenters. The van der Waals surface area contributed by atoms with Gasteiger partial charge in [-0.15, -0.1) is 0 Å². The van der Waals surface area contributed by atoms with Crippen LogP contribution in [0.15, 0.2) is 36.9 Å². The van der Waals surface area contributed by atoms with E-state index in [1.807, 2.05) is 27.7 Å². The zero-order chi connectivity index (χ0) is 36.8. The van der Waals surface area contributed by atoms with Gasteiger partial charge in [-0.2, -0.15) is 10.2 Å². The van der Waals surface area contributed by atoms with Gasteiger partial charge in [-0.1, -0.05) is 0 Å². The fraction of sp³-hybridized carbons (Fsp3) is 0.513. The molecule has 53 heavy (non-hydrogen) atoms. The predicted octanol–water partition coefficient (Wildman–Crippen LogP) is 4.54. The molecule has 0 radical (unpaired) electrons. The SMILES string of the molecule is CC(=O)N1CCc2c(c(N3CCCc4cc(-c5cnn(C)c5)c(C)cc43)nn2C2CCN(C(=O)CC3CCN(c4ncc(C(=O)O)cn4)CC3)CC2)C1. The van der Waals surface area contributed by atoms with Gasteiger partial charge in [0.25, 0.3) is 0 Å². The van der Waals surface area contributed by atoms with Crippen LogP contribution < -0.4 is 9.80 Å². The molecule has 2 saturated heterocycles. The van der Waals surface area contributed by atoms with E-state index in [0.717, 1.165) is 81.5 Å². The first kappa shape index (κ1) is 34.8. The maximum atomic E-state index is 13.5. The lowest BCUT2D eigenvalue weighted by Gasteiger charge is -2.36. The molecule has 0 saturated carbocycles. The minimum atomic E-state index is -1.04. The number of piperidine rings is 2. The number of carboxylic acids is 1. The number of likely N-dealkylation sites (tertiary alicyclic amines) is 1. The van der Waals surface area contributed by atoms with Crippen LogP contribution in [0.5, 0.6) is 0 Å². The number of carbonyl (C=O) groups excluding carboxylic acids is 2. The molecule has 14 nitrogen and oxygen atoms in total. The standard InChI is InChI=1S/C39H48N10O4/c1-25-17-35-28(19-32(25)30-22-42-44(3)23-30)5-4-11-48(35)37-33-24-47(26(2)50)16-10-34(33)49(43-37)31-8-14-45(15-9-31)36(51)18-27-6-12-46(13-7-27)39-40-20-29(21-41-39)38(52)53/h17,19-23,27,31H,4-16,18,24H2,1-3H3,(H,52,53). The molecule has 1 N–H and O–H groups in total. The number of carbonyl (C=O) groups is 3. The molecule has 0 spiro atoms. The van der Waals surface area contributed by atoms with E-state index >= 15 is 0 Å². The number of amides is 2. The van der Waals surface area contributed by atoms with Gasteiger partial charge in [0.15, 0.2) is 5.82 Å². The third kappa shape index (κ3) is 6.86. The molecule has 14 heteroatoms. The largest absolute Gasteiger partial charge is 0.478 e. The molecular formula is C39H48N10O4.